The first kappa shape index (κ1) is 14.4. The predicted molar refractivity (Wildman–Crippen MR) is 68.8 cm³/mol. The van der Waals surface area contributed by atoms with Crippen molar-refractivity contribution < 1.29 is 9.13 Å². The molecule has 1 aromatic rings. The lowest BCUT2D eigenvalue weighted by molar-refractivity contribution is 0.107. The van der Waals surface area contributed by atoms with Crippen LogP contribution in [0.2, 0.25) is 5.02 Å². The number of ether oxygens (including phenoxy) is 1. The molecule has 0 radical (unpaired) electrons. The Balaban J connectivity index is 2.50. The van der Waals surface area contributed by atoms with Crippen LogP contribution in [0.15, 0.2) is 18.2 Å². The third-order valence-corrected chi connectivity index (χ3v) is 3.20. The summed E-state index contributed by atoms with van der Waals surface area (Å²) in [5, 5.41) is 0.571. The molecular formula is C13H19ClFNO. The maximum Gasteiger partial charge on any atom is 0.123 e. The summed E-state index contributed by atoms with van der Waals surface area (Å²) >= 11 is 5.98. The highest BCUT2D eigenvalue weighted by Crippen LogP contribution is 2.19. The molecule has 0 saturated carbocycles. The number of methoxy groups -OCH3 is 1. The fourth-order valence-corrected chi connectivity index (χ4v) is 1.85. The molecule has 0 aromatic heterocycles. The molecule has 2 nitrogen and oxygen atoms in total. The topological polar surface area (TPSA) is 35.2 Å². The summed E-state index contributed by atoms with van der Waals surface area (Å²) in [5.74, 6) is -0.276. The number of halogens is 2. The van der Waals surface area contributed by atoms with Crippen molar-refractivity contribution in [3.05, 3.63) is 34.6 Å². The first-order valence-electron chi connectivity index (χ1n) is 5.75. The molecule has 0 aliphatic carbocycles. The van der Waals surface area contributed by atoms with Crippen molar-refractivity contribution >= 4 is 11.6 Å². The second kappa shape index (κ2) is 6.94. The molecule has 2 N–H and O–H groups in total. The minimum Gasteiger partial charge on any atom is -0.382 e. The molecule has 2 atom stereocenters. The lowest BCUT2D eigenvalue weighted by Gasteiger charge is -2.15. The Morgan fingerprint density at radius 1 is 1.41 bits per heavy atom. The number of rotatable bonds is 6. The van der Waals surface area contributed by atoms with Gasteiger partial charge in [0.2, 0.25) is 0 Å². The molecule has 96 valence electrons. The first-order chi connectivity index (χ1) is 8.02. The van der Waals surface area contributed by atoms with Crippen molar-refractivity contribution in [2.24, 2.45) is 5.73 Å². The quantitative estimate of drug-likeness (QED) is 0.852. The van der Waals surface area contributed by atoms with E-state index < -0.39 is 0 Å². The van der Waals surface area contributed by atoms with Gasteiger partial charge in [-0.05, 0) is 49.9 Å². The van der Waals surface area contributed by atoms with E-state index in [1.54, 1.807) is 13.2 Å². The third-order valence-electron chi connectivity index (χ3n) is 2.84. The normalized spacial score (nSPS) is 14.6. The van der Waals surface area contributed by atoms with Crippen molar-refractivity contribution in [1.29, 1.82) is 0 Å². The zero-order chi connectivity index (χ0) is 12.8. The highest BCUT2D eigenvalue weighted by Gasteiger charge is 2.10. The van der Waals surface area contributed by atoms with Gasteiger partial charge in [0.05, 0.1) is 6.10 Å². The van der Waals surface area contributed by atoms with E-state index >= 15 is 0 Å². The van der Waals surface area contributed by atoms with Crippen molar-refractivity contribution in [3.8, 4) is 0 Å². The summed E-state index contributed by atoms with van der Waals surface area (Å²) in [6, 6.07) is 4.34. The van der Waals surface area contributed by atoms with Gasteiger partial charge in [0.1, 0.15) is 5.82 Å². The summed E-state index contributed by atoms with van der Waals surface area (Å²) in [6.45, 7) is 2.00. The molecule has 17 heavy (non-hydrogen) atoms. The molecule has 0 spiro atoms. The lowest BCUT2D eigenvalue weighted by Crippen LogP contribution is -2.24. The van der Waals surface area contributed by atoms with Crippen molar-refractivity contribution in [1.82, 2.24) is 0 Å². The zero-order valence-electron chi connectivity index (χ0n) is 10.2. The Bertz CT molecular complexity index is 359. The predicted octanol–water partition coefficient (Wildman–Crippen LogP) is 3.16. The fourth-order valence-electron chi connectivity index (χ4n) is 1.65. The van der Waals surface area contributed by atoms with Crippen LogP contribution in [0, 0.1) is 5.82 Å². The van der Waals surface area contributed by atoms with Gasteiger partial charge in [-0.1, -0.05) is 11.6 Å². The van der Waals surface area contributed by atoms with Crippen LogP contribution in [0.25, 0.3) is 0 Å². The molecule has 1 rings (SSSR count). The van der Waals surface area contributed by atoms with Gasteiger partial charge in [0, 0.05) is 18.2 Å². The van der Waals surface area contributed by atoms with Crippen LogP contribution in [0.1, 0.15) is 25.3 Å². The van der Waals surface area contributed by atoms with E-state index in [9.17, 15) is 4.39 Å². The standard InChI is InChI=1S/C13H19ClFNO/c1-9(17-2)3-5-12(16)8-10-7-11(15)4-6-13(10)14/h4,6-7,9,12H,3,5,8,16H2,1-2H3. The zero-order valence-corrected chi connectivity index (χ0v) is 11.0. The average Bonchev–Trinajstić information content (AvgIpc) is 2.30. The van der Waals surface area contributed by atoms with E-state index in [0.717, 1.165) is 18.4 Å². The second-order valence-electron chi connectivity index (χ2n) is 4.32. The Morgan fingerprint density at radius 3 is 2.76 bits per heavy atom. The molecule has 0 saturated heterocycles. The Kier molecular flexibility index (Phi) is 5.89. The Hall–Kier alpha value is -0.640. The SMILES string of the molecule is COC(C)CCC(N)Cc1cc(F)ccc1Cl. The molecule has 0 heterocycles. The molecule has 1 aromatic carbocycles. The largest absolute Gasteiger partial charge is 0.382 e. The molecular weight excluding hydrogens is 241 g/mol. The third kappa shape index (κ3) is 5.02. The van der Waals surface area contributed by atoms with Crippen molar-refractivity contribution in [3.63, 3.8) is 0 Å². The highest BCUT2D eigenvalue weighted by molar-refractivity contribution is 6.31. The maximum atomic E-state index is 13.0. The first-order valence-corrected chi connectivity index (χ1v) is 6.13. The van der Waals surface area contributed by atoms with Gasteiger partial charge in [-0.25, -0.2) is 4.39 Å². The van der Waals surface area contributed by atoms with E-state index in [1.165, 1.54) is 12.1 Å². The molecule has 4 heteroatoms. The van der Waals surface area contributed by atoms with Crippen LogP contribution in [0.4, 0.5) is 4.39 Å². The molecule has 0 fully saturated rings. The van der Waals surface area contributed by atoms with Gasteiger partial charge in [-0.15, -0.1) is 0 Å². The van der Waals surface area contributed by atoms with E-state index in [0.29, 0.717) is 11.4 Å². The average molecular weight is 260 g/mol. The second-order valence-corrected chi connectivity index (χ2v) is 4.73. The minimum atomic E-state index is -0.276. The molecule has 0 bridgehead atoms. The van der Waals surface area contributed by atoms with Crippen LogP contribution in [0.5, 0.6) is 0 Å². The number of benzene rings is 1. The summed E-state index contributed by atoms with van der Waals surface area (Å²) in [7, 11) is 1.68. The summed E-state index contributed by atoms with van der Waals surface area (Å²) < 4.78 is 18.2. The van der Waals surface area contributed by atoms with Crippen LogP contribution >= 0.6 is 11.6 Å². The van der Waals surface area contributed by atoms with Gasteiger partial charge in [0.15, 0.2) is 0 Å². The maximum absolute atomic E-state index is 13.0. The smallest absolute Gasteiger partial charge is 0.123 e. The highest BCUT2D eigenvalue weighted by atomic mass is 35.5. The lowest BCUT2D eigenvalue weighted by atomic mass is 10.0. The van der Waals surface area contributed by atoms with E-state index in [4.69, 9.17) is 22.1 Å². The van der Waals surface area contributed by atoms with Gasteiger partial charge < -0.3 is 10.5 Å². The number of nitrogens with two attached hydrogens (primary N) is 1. The minimum absolute atomic E-state index is 0.0214. The van der Waals surface area contributed by atoms with E-state index in [1.807, 2.05) is 6.92 Å². The van der Waals surface area contributed by atoms with E-state index in [-0.39, 0.29) is 18.0 Å². The van der Waals surface area contributed by atoms with Crippen molar-refractivity contribution in [2.75, 3.05) is 7.11 Å². The van der Waals surface area contributed by atoms with Crippen LogP contribution in [-0.4, -0.2) is 19.3 Å². The summed E-state index contributed by atoms with van der Waals surface area (Å²) in [4.78, 5) is 0. The van der Waals surface area contributed by atoms with Gasteiger partial charge in [-0.2, -0.15) is 0 Å². The summed E-state index contributed by atoms with van der Waals surface area (Å²) in [5.41, 5.74) is 6.76. The Morgan fingerprint density at radius 2 is 2.12 bits per heavy atom. The van der Waals surface area contributed by atoms with Crippen LogP contribution < -0.4 is 5.73 Å². The van der Waals surface area contributed by atoms with Crippen LogP contribution in [-0.2, 0) is 11.2 Å². The molecule has 2 unspecified atom stereocenters. The van der Waals surface area contributed by atoms with E-state index in [2.05, 4.69) is 0 Å². The van der Waals surface area contributed by atoms with Gasteiger partial charge in [0.25, 0.3) is 0 Å². The van der Waals surface area contributed by atoms with Crippen LogP contribution in [0.3, 0.4) is 0 Å². The summed E-state index contributed by atoms with van der Waals surface area (Å²) in [6.07, 6.45) is 2.52. The van der Waals surface area contributed by atoms with Gasteiger partial charge in [-0.3, -0.25) is 0 Å². The molecule has 0 amide bonds. The number of hydrogen-bond donors (Lipinski definition) is 1. The molecule has 0 aliphatic rings. The van der Waals surface area contributed by atoms with Crippen molar-refractivity contribution in [2.45, 2.75) is 38.3 Å². The monoisotopic (exact) mass is 259 g/mol. The number of hydrogen-bond acceptors (Lipinski definition) is 2. The Labute approximate surface area is 107 Å². The van der Waals surface area contributed by atoms with Gasteiger partial charge >= 0.3 is 0 Å². The molecule has 0 aliphatic heterocycles. The fraction of sp³-hybridized carbons (Fsp3) is 0.538.